The number of Topliss-reactive ketones (excluding diaryl/α,β-unsaturated/α-hetero) is 1. The second-order valence-electron chi connectivity index (χ2n) is 7.07. The molecule has 1 aromatic rings. The number of rotatable bonds is 5. The van der Waals surface area contributed by atoms with Crippen LogP contribution < -0.4 is 10.6 Å². The van der Waals surface area contributed by atoms with Gasteiger partial charge in [0.1, 0.15) is 0 Å². The fourth-order valence-electron chi connectivity index (χ4n) is 4.10. The van der Waals surface area contributed by atoms with Gasteiger partial charge in [0.05, 0.1) is 0 Å². The minimum Gasteiger partial charge on any atom is -0.336 e. The SMILES string of the molecule is CC[C@@H]1CN2CC[C@H]1C[C@@H]2CNC(=O)Nc1ccc(C(C)=O)cc1. The fraction of sp³-hybridized carbons (Fsp3) is 0.579. The average Bonchev–Trinajstić information content (AvgIpc) is 2.60. The molecular weight excluding hydrogens is 302 g/mol. The van der Waals surface area contributed by atoms with Crippen molar-refractivity contribution >= 4 is 17.5 Å². The molecule has 3 fully saturated rings. The van der Waals surface area contributed by atoms with Gasteiger partial charge in [0.25, 0.3) is 0 Å². The fourth-order valence-corrected chi connectivity index (χ4v) is 4.10. The number of anilines is 1. The quantitative estimate of drug-likeness (QED) is 0.816. The molecule has 4 atom stereocenters. The molecule has 3 heterocycles. The number of fused-ring (bicyclic) bond motifs is 3. The van der Waals surface area contributed by atoms with Crippen molar-refractivity contribution in [2.45, 2.75) is 39.2 Å². The number of ketones is 1. The molecule has 5 heteroatoms. The van der Waals surface area contributed by atoms with Crippen LogP contribution in [0.1, 0.15) is 43.5 Å². The van der Waals surface area contributed by atoms with E-state index in [1.165, 1.54) is 39.3 Å². The summed E-state index contributed by atoms with van der Waals surface area (Å²) < 4.78 is 0. The first kappa shape index (κ1) is 17.0. The molecule has 1 unspecified atom stereocenters. The molecule has 3 aliphatic heterocycles. The van der Waals surface area contributed by atoms with Gasteiger partial charge in [-0.05, 0) is 62.4 Å². The van der Waals surface area contributed by atoms with Crippen molar-refractivity contribution in [2.24, 2.45) is 11.8 Å². The molecule has 3 saturated heterocycles. The molecule has 2 bridgehead atoms. The van der Waals surface area contributed by atoms with E-state index in [0.29, 0.717) is 23.8 Å². The second kappa shape index (κ2) is 7.34. The number of benzene rings is 1. The third-order valence-electron chi connectivity index (χ3n) is 5.59. The van der Waals surface area contributed by atoms with Crippen molar-refractivity contribution in [3.63, 3.8) is 0 Å². The predicted octanol–water partition coefficient (Wildman–Crippen LogP) is 3.13. The van der Waals surface area contributed by atoms with E-state index in [4.69, 9.17) is 0 Å². The van der Waals surface area contributed by atoms with Crippen LogP contribution in [0.4, 0.5) is 10.5 Å². The second-order valence-corrected chi connectivity index (χ2v) is 7.07. The van der Waals surface area contributed by atoms with Gasteiger partial charge in [-0.2, -0.15) is 0 Å². The molecule has 2 N–H and O–H groups in total. The maximum Gasteiger partial charge on any atom is 0.319 e. The molecule has 3 aliphatic rings. The zero-order chi connectivity index (χ0) is 17.1. The first-order chi connectivity index (χ1) is 11.6. The lowest BCUT2D eigenvalue weighted by atomic mass is 9.74. The van der Waals surface area contributed by atoms with Crippen molar-refractivity contribution in [1.29, 1.82) is 0 Å². The van der Waals surface area contributed by atoms with E-state index in [2.05, 4.69) is 22.5 Å². The van der Waals surface area contributed by atoms with Crippen LogP contribution in [0, 0.1) is 11.8 Å². The highest BCUT2D eigenvalue weighted by Gasteiger charge is 2.38. The third-order valence-corrected chi connectivity index (χ3v) is 5.59. The van der Waals surface area contributed by atoms with E-state index in [0.717, 1.165) is 11.8 Å². The average molecular weight is 329 g/mol. The van der Waals surface area contributed by atoms with Crippen molar-refractivity contribution < 1.29 is 9.59 Å². The Morgan fingerprint density at radius 2 is 2.00 bits per heavy atom. The van der Waals surface area contributed by atoms with E-state index < -0.39 is 0 Å². The van der Waals surface area contributed by atoms with E-state index in [1.54, 1.807) is 24.3 Å². The number of hydrogen-bond donors (Lipinski definition) is 2. The molecule has 0 aromatic heterocycles. The van der Waals surface area contributed by atoms with E-state index >= 15 is 0 Å². The smallest absolute Gasteiger partial charge is 0.319 e. The molecule has 24 heavy (non-hydrogen) atoms. The third kappa shape index (κ3) is 3.78. The van der Waals surface area contributed by atoms with E-state index in [9.17, 15) is 9.59 Å². The van der Waals surface area contributed by atoms with Gasteiger partial charge in [0, 0.05) is 30.4 Å². The Morgan fingerprint density at radius 3 is 2.58 bits per heavy atom. The Balaban J connectivity index is 1.47. The van der Waals surface area contributed by atoms with Crippen molar-refractivity contribution in [1.82, 2.24) is 10.2 Å². The zero-order valence-corrected chi connectivity index (χ0v) is 14.5. The monoisotopic (exact) mass is 329 g/mol. The number of urea groups is 1. The standard InChI is InChI=1S/C19H27N3O2/c1-3-14-12-22-9-8-16(14)10-18(22)11-20-19(24)21-17-6-4-15(5-7-17)13(2)23/h4-7,14,16,18H,3,8-12H2,1-2H3,(H2,20,21,24)/t14-,16+,18-/m1/s1. The highest BCUT2D eigenvalue weighted by Crippen LogP contribution is 2.37. The maximum atomic E-state index is 12.1. The number of hydrogen-bond acceptors (Lipinski definition) is 3. The number of nitrogens with one attached hydrogen (secondary N) is 2. The van der Waals surface area contributed by atoms with Crippen LogP contribution in [0.5, 0.6) is 0 Å². The van der Waals surface area contributed by atoms with Crippen LogP contribution in [-0.4, -0.2) is 42.4 Å². The summed E-state index contributed by atoms with van der Waals surface area (Å²) in [5.41, 5.74) is 1.35. The van der Waals surface area contributed by atoms with Crippen molar-refractivity contribution in [2.75, 3.05) is 25.0 Å². The number of carbonyl (C=O) groups excluding carboxylic acids is 2. The van der Waals surface area contributed by atoms with Gasteiger partial charge in [-0.15, -0.1) is 0 Å². The normalized spacial score (nSPS) is 28.4. The van der Waals surface area contributed by atoms with Crippen LogP contribution >= 0.6 is 0 Å². The van der Waals surface area contributed by atoms with Gasteiger partial charge in [-0.25, -0.2) is 4.79 Å². The molecule has 0 radical (unpaired) electrons. The summed E-state index contributed by atoms with van der Waals surface area (Å²) in [6.45, 7) is 6.86. The Kier molecular flexibility index (Phi) is 5.19. The molecule has 0 saturated carbocycles. The minimum absolute atomic E-state index is 0.0257. The van der Waals surface area contributed by atoms with Crippen LogP contribution in [0.2, 0.25) is 0 Å². The summed E-state index contributed by atoms with van der Waals surface area (Å²) in [6, 6.07) is 7.27. The zero-order valence-electron chi connectivity index (χ0n) is 14.5. The van der Waals surface area contributed by atoms with Crippen LogP contribution in [0.25, 0.3) is 0 Å². The van der Waals surface area contributed by atoms with Crippen molar-refractivity contribution in [3.05, 3.63) is 29.8 Å². The Bertz CT molecular complexity index is 599. The van der Waals surface area contributed by atoms with E-state index in [-0.39, 0.29) is 11.8 Å². The predicted molar refractivity (Wildman–Crippen MR) is 95.3 cm³/mol. The number of nitrogens with zero attached hydrogens (tertiary/aromatic N) is 1. The molecule has 5 nitrogen and oxygen atoms in total. The molecule has 0 spiro atoms. The number of piperidine rings is 3. The van der Waals surface area contributed by atoms with Crippen LogP contribution in [-0.2, 0) is 0 Å². The summed E-state index contributed by atoms with van der Waals surface area (Å²) in [7, 11) is 0. The summed E-state index contributed by atoms with van der Waals surface area (Å²) >= 11 is 0. The lowest BCUT2D eigenvalue weighted by Crippen LogP contribution is -2.56. The van der Waals surface area contributed by atoms with Crippen LogP contribution in [0.3, 0.4) is 0 Å². The number of carbonyl (C=O) groups is 2. The van der Waals surface area contributed by atoms with Crippen molar-refractivity contribution in [3.8, 4) is 0 Å². The molecule has 1 aromatic carbocycles. The highest BCUT2D eigenvalue weighted by atomic mass is 16.2. The molecule has 130 valence electrons. The van der Waals surface area contributed by atoms with Gasteiger partial charge >= 0.3 is 6.03 Å². The van der Waals surface area contributed by atoms with Gasteiger partial charge in [0.2, 0.25) is 0 Å². The van der Waals surface area contributed by atoms with Gasteiger partial charge in [-0.3, -0.25) is 9.69 Å². The maximum absolute atomic E-state index is 12.1. The van der Waals surface area contributed by atoms with Gasteiger partial charge in [0.15, 0.2) is 5.78 Å². The largest absolute Gasteiger partial charge is 0.336 e. The highest BCUT2D eigenvalue weighted by molar-refractivity contribution is 5.95. The van der Waals surface area contributed by atoms with E-state index in [1.807, 2.05) is 0 Å². The lowest BCUT2D eigenvalue weighted by Gasteiger charge is -2.49. The van der Waals surface area contributed by atoms with Gasteiger partial charge in [-0.1, -0.05) is 13.3 Å². The van der Waals surface area contributed by atoms with Crippen LogP contribution in [0.15, 0.2) is 24.3 Å². The summed E-state index contributed by atoms with van der Waals surface area (Å²) in [5, 5.41) is 5.83. The first-order valence-electron chi connectivity index (χ1n) is 8.96. The summed E-state index contributed by atoms with van der Waals surface area (Å²) in [5.74, 6) is 1.69. The van der Waals surface area contributed by atoms with Gasteiger partial charge < -0.3 is 10.6 Å². The lowest BCUT2D eigenvalue weighted by molar-refractivity contribution is 0.00159. The Labute approximate surface area is 143 Å². The Morgan fingerprint density at radius 1 is 1.25 bits per heavy atom. The molecular formula is C19H27N3O2. The molecule has 4 rings (SSSR count). The Hall–Kier alpha value is -1.88. The summed E-state index contributed by atoms with van der Waals surface area (Å²) in [6.07, 6.45) is 3.77. The number of amides is 2. The topological polar surface area (TPSA) is 61.4 Å². The summed E-state index contributed by atoms with van der Waals surface area (Å²) in [4.78, 5) is 25.9. The minimum atomic E-state index is -0.180. The molecule has 0 aliphatic carbocycles. The first-order valence-corrected chi connectivity index (χ1v) is 8.96. The molecule has 2 amide bonds.